The van der Waals surface area contributed by atoms with E-state index in [0.717, 1.165) is 6.42 Å². The Balaban J connectivity index is 2.48. The van der Waals surface area contributed by atoms with Gasteiger partial charge in [-0.05, 0) is 52.7 Å². The van der Waals surface area contributed by atoms with E-state index in [1.165, 1.54) is 13.3 Å². The topological polar surface area (TPSA) is 91.1 Å². The molecule has 162 valence electrons. The molecule has 2 rings (SSSR count). The summed E-state index contributed by atoms with van der Waals surface area (Å²) in [5.74, 6) is -2.19. The zero-order valence-electron chi connectivity index (χ0n) is 18.0. The second kappa shape index (κ2) is 9.24. The van der Waals surface area contributed by atoms with E-state index in [4.69, 9.17) is 19.3 Å². The molecule has 0 aromatic heterocycles. The lowest BCUT2D eigenvalue weighted by molar-refractivity contribution is -0.529. The van der Waals surface area contributed by atoms with E-state index >= 15 is 0 Å². The number of carbonyl (C=O) groups is 1. The highest BCUT2D eigenvalue weighted by Crippen LogP contribution is 2.48. The number of unbranched alkanes of at least 4 members (excludes halogenated alkanes) is 2. The van der Waals surface area contributed by atoms with Crippen molar-refractivity contribution in [2.24, 2.45) is 0 Å². The number of hydrogen-bond donors (Lipinski definition) is 1. The van der Waals surface area contributed by atoms with Gasteiger partial charge < -0.3 is 24.5 Å². The molecule has 7 heteroatoms. The lowest BCUT2D eigenvalue weighted by Crippen LogP contribution is -2.55. The molecular weight excluding hydrogens is 374 g/mol. The van der Waals surface area contributed by atoms with Crippen LogP contribution in [-0.4, -0.2) is 58.8 Å². The smallest absolute Gasteiger partial charge is 0.382 e. The van der Waals surface area contributed by atoms with Gasteiger partial charge in [0.2, 0.25) is 5.79 Å². The second-order valence-electron chi connectivity index (χ2n) is 8.40. The van der Waals surface area contributed by atoms with Crippen LogP contribution in [0.2, 0.25) is 0 Å². The average Bonchev–Trinajstić information content (AvgIpc) is 2.83. The van der Waals surface area contributed by atoms with Crippen molar-refractivity contribution in [1.29, 1.82) is 0 Å². The molecule has 1 saturated heterocycles. The number of benzene rings is 1. The standard InChI is InChI=1S/C22H33NO6/c1-20(2)21(3,4)29-22(28-20,14-10-7-11-15-24)18(19(25)27-5)23(26)16-17-12-8-6-9-13-17/h6,8-9,12-13,16,18,24H,7,10-11,14-15H2,1-5H3/b23-16+. The summed E-state index contributed by atoms with van der Waals surface area (Å²) in [5.41, 5.74) is -0.809. The molecule has 1 heterocycles. The summed E-state index contributed by atoms with van der Waals surface area (Å²) in [6.07, 6.45) is 3.65. The number of carbonyl (C=O) groups excluding carboxylic acids is 1. The van der Waals surface area contributed by atoms with Crippen LogP contribution in [0.25, 0.3) is 0 Å². The van der Waals surface area contributed by atoms with Gasteiger partial charge in [-0.25, -0.2) is 4.79 Å². The van der Waals surface area contributed by atoms with Crippen molar-refractivity contribution in [2.75, 3.05) is 13.7 Å². The van der Waals surface area contributed by atoms with E-state index in [1.807, 2.05) is 45.9 Å². The van der Waals surface area contributed by atoms with Gasteiger partial charge in [-0.3, -0.25) is 0 Å². The molecule has 1 N–H and O–H groups in total. The maximum atomic E-state index is 13.2. The molecule has 1 aromatic rings. The summed E-state index contributed by atoms with van der Waals surface area (Å²) < 4.78 is 18.2. The van der Waals surface area contributed by atoms with Gasteiger partial charge in [-0.1, -0.05) is 24.6 Å². The van der Waals surface area contributed by atoms with Crippen molar-refractivity contribution in [3.63, 3.8) is 0 Å². The summed E-state index contributed by atoms with van der Waals surface area (Å²) >= 11 is 0. The molecule has 1 aliphatic heterocycles. The molecular formula is C22H33NO6. The van der Waals surface area contributed by atoms with Gasteiger partial charge >= 0.3 is 12.0 Å². The Morgan fingerprint density at radius 3 is 2.24 bits per heavy atom. The maximum absolute atomic E-state index is 13.2. The van der Waals surface area contributed by atoms with E-state index in [0.29, 0.717) is 29.6 Å². The van der Waals surface area contributed by atoms with Crippen molar-refractivity contribution in [2.45, 2.75) is 76.4 Å². The third-order valence-electron chi connectivity index (χ3n) is 5.66. The molecule has 0 amide bonds. The number of esters is 1. The normalized spacial score (nSPS) is 21.0. The van der Waals surface area contributed by atoms with Crippen LogP contribution in [-0.2, 0) is 19.0 Å². The minimum Gasteiger partial charge on any atom is -0.623 e. The third kappa shape index (κ3) is 5.15. The number of aliphatic hydroxyl groups is 1. The van der Waals surface area contributed by atoms with E-state index in [1.54, 1.807) is 12.1 Å². The fourth-order valence-electron chi connectivity index (χ4n) is 3.49. The van der Waals surface area contributed by atoms with Crippen LogP contribution in [0.5, 0.6) is 0 Å². The fraction of sp³-hybridized carbons (Fsp3) is 0.636. The number of aliphatic hydroxyl groups excluding tert-OH is 1. The molecule has 7 nitrogen and oxygen atoms in total. The van der Waals surface area contributed by atoms with Gasteiger partial charge in [0.15, 0.2) is 6.21 Å². The van der Waals surface area contributed by atoms with Crippen LogP contribution < -0.4 is 0 Å². The van der Waals surface area contributed by atoms with Gasteiger partial charge in [0, 0.05) is 18.6 Å². The van der Waals surface area contributed by atoms with Crippen LogP contribution in [0, 0.1) is 5.21 Å². The maximum Gasteiger partial charge on any atom is 0.382 e. The Morgan fingerprint density at radius 2 is 1.72 bits per heavy atom. The van der Waals surface area contributed by atoms with Crippen LogP contribution >= 0.6 is 0 Å². The molecule has 0 radical (unpaired) electrons. The second-order valence-corrected chi connectivity index (χ2v) is 8.40. The molecule has 1 unspecified atom stereocenters. The summed E-state index contributed by atoms with van der Waals surface area (Å²) in [4.78, 5) is 12.8. The van der Waals surface area contributed by atoms with Crippen molar-refractivity contribution in [3.8, 4) is 0 Å². The average molecular weight is 408 g/mol. The first-order valence-corrected chi connectivity index (χ1v) is 10.0. The van der Waals surface area contributed by atoms with Crippen LogP contribution in [0.4, 0.5) is 0 Å². The van der Waals surface area contributed by atoms with Crippen molar-refractivity contribution in [1.82, 2.24) is 0 Å². The first-order valence-electron chi connectivity index (χ1n) is 10.0. The zero-order valence-corrected chi connectivity index (χ0v) is 18.0. The van der Waals surface area contributed by atoms with Crippen molar-refractivity contribution in [3.05, 3.63) is 41.1 Å². The zero-order chi connectivity index (χ0) is 21.7. The molecule has 29 heavy (non-hydrogen) atoms. The van der Waals surface area contributed by atoms with Gasteiger partial charge in [0.1, 0.15) is 0 Å². The quantitative estimate of drug-likeness (QED) is 0.169. The van der Waals surface area contributed by atoms with Crippen LogP contribution in [0.15, 0.2) is 30.3 Å². The SMILES string of the molecule is COC(=O)C(/[N+]([O-])=C\c1ccccc1)C1(CCCCCO)OC(C)(C)C(C)(C)O1. The number of rotatable bonds is 9. The molecule has 0 aliphatic carbocycles. The van der Waals surface area contributed by atoms with E-state index in [-0.39, 0.29) is 6.61 Å². The van der Waals surface area contributed by atoms with Gasteiger partial charge in [0.25, 0.3) is 0 Å². The predicted octanol–water partition coefficient (Wildman–Crippen LogP) is 3.01. The fourth-order valence-corrected chi connectivity index (χ4v) is 3.49. The molecule has 0 spiro atoms. The lowest BCUT2D eigenvalue weighted by atomic mass is 9.90. The molecule has 0 saturated carbocycles. The molecule has 1 aliphatic rings. The minimum absolute atomic E-state index is 0.0849. The van der Waals surface area contributed by atoms with Gasteiger partial charge in [0.05, 0.1) is 18.3 Å². The van der Waals surface area contributed by atoms with E-state index < -0.39 is 29.0 Å². The highest BCUT2D eigenvalue weighted by Gasteiger charge is 2.65. The van der Waals surface area contributed by atoms with Gasteiger partial charge in [-0.15, -0.1) is 0 Å². The Morgan fingerprint density at radius 1 is 1.14 bits per heavy atom. The summed E-state index contributed by atoms with van der Waals surface area (Å²) in [5, 5.41) is 22.3. The number of ether oxygens (including phenoxy) is 3. The molecule has 1 aromatic carbocycles. The largest absolute Gasteiger partial charge is 0.623 e. The first kappa shape index (κ1) is 23.3. The Bertz CT molecular complexity index is 697. The Hall–Kier alpha value is -1.96. The molecule has 0 bridgehead atoms. The van der Waals surface area contributed by atoms with Crippen LogP contribution in [0.3, 0.4) is 0 Å². The highest BCUT2D eigenvalue weighted by atomic mass is 16.8. The number of nitrogens with zero attached hydrogens (tertiary/aromatic N) is 1. The summed E-state index contributed by atoms with van der Waals surface area (Å²) in [6.45, 7) is 7.61. The Kier molecular flexibility index (Phi) is 7.43. The van der Waals surface area contributed by atoms with Crippen LogP contribution in [0.1, 0.15) is 58.9 Å². The molecule has 1 atom stereocenters. The van der Waals surface area contributed by atoms with E-state index in [2.05, 4.69) is 0 Å². The summed E-state index contributed by atoms with van der Waals surface area (Å²) in [6, 6.07) is 7.69. The minimum atomic E-state index is -1.47. The number of hydrogen-bond acceptors (Lipinski definition) is 6. The van der Waals surface area contributed by atoms with Gasteiger partial charge in [-0.2, -0.15) is 4.74 Å². The van der Waals surface area contributed by atoms with Crippen molar-refractivity contribution >= 4 is 12.2 Å². The van der Waals surface area contributed by atoms with E-state index in [9.17, 15) is 10.0 Å². The number of hydroxylamine groups is 1. The highest BCUT2D eigenvalue weighted by molar-refractivity contribution is 5.79. The number of methoxy groups -OCH3 is 1. The Labute approximate surface area is 172 Å². The van der Waals surface area contributed by atoms with Crippen molar-refractivity contribution < 1.29 is 28.9 Å². The first-order chi connectivity index (χ1) is 13.6. The molecule has 1 fully saturated rings. The monoisotopic (exact) mass is 407 g/mol. The summed E-state index contributed by atoms with van der Waals surface area (Å²) in [7, 11) is 1.25. The lowest BCUT2D eigenvalue weighted by Gasteiger charge is -2.33. The predicted molar refractivity (Wildman–Crippen MR) is 110 cm³/mol. The third-order valence-corrected chi connectivity index (χ3v) is 5.66.